The zero-order chi connectivity index (χ0) is 38.0. The predicted octanol–water partition coefficient (Wildman–Crippen LogP) is 11.8. The van der Waals surface area contributed by atoms with Gasteiger partial charge in [-0.25, -0.2) is 0 Å². The molecule has 57 heavy (non-hydrogen) atoms. The van der Waals surface area contributed by atoms with Gasteiger partial charge >= 0.3 is 0 Å². The molecule has 0 radical (unpaired) electrons. The summed E-state index contributed by atoms with van der Waals surface area (Å²) in [6.07, 6.45) is 0. The van der Waals surface area contributed by atoms with Crippen LogP contribution in [0.25, 0.3) is 44.2 Å². The van der Waals surface area contributed by atoms with Crippen LogP contribution in [0.1, 0.15) is 0 Å². The summed E-state index contributed by atoms with van der Waals surface area (Å²) < 4.78 is 7.06. The predicted molar refractivity (Wildman–Crippen MR) is 243 cm³/mol. The van der Waals surface area contributed by atoms with E-state index >= 15 is 0 Å². The lowest BCUT2D eigenvalue weighted by molar-refractivity contribution is 0.670. The lowest BCUT2D eigenvalue weighted by Crippen LogP contribution is -2.74. The van der Waals surface area contributed by atoms with Crippen LogP contribution in [0.4, 0.5) is 17.1 Å². The third-order valence-electron chi connectivity index (χ3n) is 11.2. The molecule has 0 saturated carbocycles. The normalized spacial score (nSPS) is 11.5. The number of hydrogen-bond donors (Lipinski definition) is 0. The molecular formula is C54H39NOSi. The largest absolute Gasteiger partial charge is 0.453 e. The fraction of sp³-hybridized carbons (Fsp3) is 0. The molecule has 0 spiro atoms. The summed E-state index contributed by atoms with van der Waals surface area (Å²) in [6.45, 7) is 0. The highest BCUT2D eigenvalue weighted by Gasteiger charge is 2.41. The van der Waals surface area contributed by atoms with Gasteiger partial charge in [0.25, 0.3) is 0 Å². The van der Waals surface area contributed by atoms with Crippen molar-refractivity contribution in [2.45, 2.75) is 0 Å². The van der Waals surface area contributed by atoms with Gasteiger partial charge in [-0.3, -0.25) is 0 Å². The Bertz CT molecular complexity index is 2830. The molecule has 0 fully saturated rings. The van der Waals surface area contributed by atoms with Crippen LogP contribution >= 0.6 is 0 Å². The van der Waals surface area contributed by atoms with Gasteiger partial charge in [-0.05, 0) is 67.8 Å². The number of para-hydroxylation sites is 2. The molecule has 0 bridgehead atoms. The zero-order valence-corrected chi connectivity index (χ0v) is 32.4. The minimum Gasteiger partial charge on any atom is -0.453 e. The van der Waals surface area contributed by atoms with E-state index in [0.717, 1.165) is 50.1 Å². The highest BCUT2D eigenvalue weighted by atomic mass is 28.3. The fourth-order valence-electron chi connectivity index (χ4n) is 8.63. The number of rotatable bonds is 9. The van der Waals surface area contributed by atoms with Gasteiger partial charge in [0.2, 0.25) is 0 Å². The molecule has 270 valence electrons. The first-order chi connectivity index (χ1) is 28.3. The molecule has 10 aromatic rings. The SMILES string of the molecule is c1ccc(-c2ccc(N(c3cccc([Si](c4ccccc4)(c4ccccc4)c4ccccc4)c3)c3cccc4c3oc3c(-c5ccccc5)cccc34)cc2)cc1. The van der Waals surface area contributed by atoms with Gasteiger partial charge in [0.05, 0.1) is 5.69 Å². The molecule has 0 unspecified atom stereocenters. The van der Waals surface area contributed by atoms with E-state index in [-0.39, 0.29) is 0 Å². The molecule has 0 atom stereocenters. The highest BCUT2D eigenvalue weighted by Crippen LogP contribution is 2.44. The van der Waals surface area contributed by atoms with Gasteiger partial charge in [-0.1, -0.05) is 206 Å². The summed E-state index contributed by atoms with van der Waals surface area (Å²) in [7, 11) is -2.81. The molecule has 3 heteroatoms. The van der Waals surface area contributed by atoms with Crippen molar-refractivity contribution in [3.63, 3.8) is 0 Å². The average Bonchev–Trinajstić information content (AvgIpc) is 3.69. The quantitative estimate of drug-likeness (QED) is 0.108. The second kappa shape index (κ2) is 14.8. The van der Waals surface area contributed by atoms with E-state index < -0.39 is 8.07 Å². The Balaban J connectivity index is 1.23. The van der Waals surface area contributed by atoms with Crippen molar-refractivity contribution >= 4 is 67.8 Å². The maximum atomic E-state index is 7.06. The molecule has 2 nitrogen and oxygen atoms in total. The molecule has 1 aromatic heterocycles. The van der Waals surface area contributed by atoms with Gasteiger partial charge < -0.3 is 9.32 Å². The number of anilines is 3. The lowest BCUT2D eigenvalue weighted by Gasteiger charge is -2.35. The molecule has 9 aromatic carbocycles. The van der Waals surface area contributed by atoms with Crippen LogP contribution in [0.5, 0.6) is 0 Å². The summed E-state index contributed by atoms with van der Waals surface area (Å²) in [5, 5.41) is 7.51. The highest BCUT2D eigenvalue weighted by molar-refractivity contribution is 7.19. The Morgan fingerprint density at radius 3 is 1.35 bits per heavy atom. The Kier molecular flexibility index (Phi) is 8.90. The third-order valence-corrected chi connectivity index (χ3v) is 16.0. The standard InChI is InChI=1S/C54H39NOSi/c1-6-19-40(20-7-1)41-35-37-43(38-36-41)55(52-34-18-33-51-50-32-17-31-49(53(50)56-54(51)52)42-21-8-2-9-22-42)44-23-16-30-48(39-44)57(45-24-10-3-11-25-45,46-26-12-4-13-27-46)47-28-14-5-15-29-47/h1-39H. The molecule has 0 N–H and O–H groups in total. The minimum absolute atomic E-state index is 0.853. The maximum absolute atomic E-state index is 7.06. The Labute approximate surface area is 334 Å². The van der Waals surface area contributed by atoms with Crippen LogP contribution in [0.2, 0.25) is 0 Å². The number of hydrogen-bond acceptors (Lipinski definition) is 2. The number of benzene rings is 9. The van der Waals surface area contributed by atoms with E-state index in [4.69, 9.17) is 4.42 Å². The third kappa shape index (κ3) is 6.06. The number of furan rings is 1. The van der Waals surface area contributed by atoms with E-state index in [2.05, 4.69) is 241 Å². The Morgan fingerprint density at radius 2 is 0.772 bits per heavy atom. The molecule has 0 aliphatic carbocycles. The van der Waals surface area contributed by atoms with Crippen molar-refractivity contribution in [3.05, 3.63) is 237 Å². The van der Waals surface area contributed by atoms with Crippen LogP contribution < -0.4 is 25.6 Å². The van der Waals surface area contributed by atoms with Gasteiger partial charge in [0, 0.05) is 27.7 Å². The molecule has 0 amide bonds. The van der Waals surface area contributed by atoms with Crippen molar-refractivity contribution in [2.75, 3.05) is 4.90 Å². The van der Waals surface area contributed by atoms with Crippen LogP contribution in [0, 0.1) is 0 Å². The van der Waals surface area contributed by atoms with E-state index in [1.807, 2.05) is 0 Å². The summed E-state index contributed by atoms with van der Waals surface area (Å²) in [5.41, 5.74) is 9.42. The first kappa shape index (κ1) is 34.3. The van der Waals surface area contributed by atoms with Crippen molar-refractivity contribution in [2.24, 2.45) is 0 Å². The summed E-state index contributed by atoms with van der Waals surface area (Å²) >= 11 is 0. The smallest absolute Gasteiger partial charge is 0.179 e. The Morgan fingerprint density at radius 1 is 0.316 bits per heavy atom. The van der Waals surface area contributed by atoms with E-state index in [0.29, 0.717) is 0 Å². The number of nitrogens with zero attached hydrogens (tertiary/aromatic N) is 1. The maximum Gasteiger partial charge on any atom is 0.179 e. The van der Waals surface area contributed by atoms with Crippen molar-refractivity contribution in [1.82, 2.24) is 0 Å². The van der Waals surface area contributed by atoms with E-state index in [1.54, 1.807) is 0 Å². The van der Waals surface area contributed by atoms with Crippen molar-refractivity contribution in [3.8, 4) is 22.3 Å². The topological polar surface area (TPSA) is 16.4 Å². The van der Waals surface area contributed by atoms with Crippen LogP contribution in [0.15, 0.2) is 241 Å². The average molecular weight is 746 g/mol. The molecular weight excluding hydrogens is 707 g/mol. The monoisotopic (exact) mass is 745 g/mol. The first-order valence-corrected chi connectivity index (χ1v) is 21.5. The molecule has 0 aliphatic rings. The van der Waals surface area contributed by atoms with Crippen molar-refractivity contribution in [1.29, 1.82) is 0 Å². The number of fused-ring (bicyclic) bond motifs is 3. The van der Waals surface area contributed by atoms with Gasteiger partial charge in [-0.2, -0.15) is 0 Å². The Hall–Kier alpha value is -7.20. The lowest BCUT2D eigenvalue weighted by atomic mass is 10.0. The van der Waals surface area contributed by atoms with Crippen molar-refractivity contribution < 1.29 is 4.42 Å². The fourth-order valence-corrected chi connectivity index (χ4v) is 13.4. The summed E-state index contributed by atoms with van der Waals surface area (Å²) in [5.74, 6) is 0. The summed E-state index contributed by atoms with van der Waals surface area (Å²) in [6, 6.07) is 85.6. The van der Waals surface area contributed by atoms with Crippen LogP contribution in [-0.4, -0.2) is 8.07 Å². The zero-order valence-electron chi connectivity index (χ0n) is 31.4. The first-order valence-electron chi connectivity index (χ1n) is 19.5. The molecule has 0 saturated heterocycles. The van der Waals surface area contributed by atoms with Gasteiger partial charge in [-0.15, -0.1) is 0 Å². The molecule has 1 heterocycles. The van der Waals surface area contributed by atoms with Gasteiger partial charge in [0.1, 0.15) is 5.58 Å². The van der Waals surface area contributed by atoms with E-state index in [9.17, 15) is 0 Å². The van der Waals surface area contributed by atoms with Crippen LogP contribution in [0.3, 0.4) is 0 Å². The molecule has 0 aliphatic heterocycles. The minimum atomic E-state index is -2.81. The summed E-state index contributed by atoms with van der Waals surface area (Å²) in [4.78, 5) is 2.38. The second-order valence-electron chi connectivity index (χ2n) is 14.5. The van der Waals surface area contributed by atoms with E-state index in [1.165, 1.54) is 31.9 Å². The second-order valence-corrected chi connectivity index (χ2v) is 18.3. The molecule has 10 rings (SSSR count). The van der Waals surface area contributed by atoms with Gasteiger partial charge in [0.15, 0.2) is 13.7 Å². The van der Waals surface area contributed by atoms with Crippen LogP contribution in [-0.2, 0) is 0 Å².